The van der Waals surface area contributed by atoms with E-state index in [0.29, 0.717) is 6.04 Å². The van der Waals surface area contributed by atoms with Crippen molar-refractivity contribution in [2.45, 2.75) is 32.4 Å². The Morgan fingerprint density at radius 3 is 2.88 bits per heavy atom. The fourth-order valence-electron chi connectivity index (χ4n) is 1.66. The molecule has 0 radical (unpaired) electrons. The molecule has 1 N–H and O–H groups in total. The number of aromatic nitrogens is 1. The minimum absolute atomic E-state index is 0.614. The zero-order valence-electron chi connectivity index (χ0n) is 10.6. The van der Waals surface area contributed by atoms with E-state index in [1.54, 1.807) is 0 Å². The number of nitrogens with one attached hydrogen (secondary N) is 1. The molecule has 3 nitrogen and oxygen atoms in total. The molecule has 0 fully saturated rings. The molecule has 1 heterocycles. The van der Waals surface area contributed by atoms with Gasteiger partial charge in [-0.3, -0.25) is 4.98 Å². The molecular formula is C13H23N3. The van der Waals surface area contributed by atoms with E-state index in [9.17, 15) is 0 Å². The van der Waals surface area contributed by atoms with Gasteiger partial charge in [-0.25, -0.2) is 0 Å². The van der Waals surface area contributed by atoms with Crippen molar-refractivity contribution in [3.05, 3.63) is 30.1 Å². The second-order valence-corrected chi connectivity index (χ2v) is 4.39. The summed E-state index contributed by atoms with van der Waals surface area (Å²) in [5.74, 6) is 0. The van der Waals surface area contributed by atoms with Gasteiger partial charge in [0.2, 0.25) is 0 Å². The standard InChI is InChI=1S/C13H23N3/c1-12(14-2)7-6-10-16(3)11-13-8-4-5-9-15-13/h4-5,8-9,12,14H,6-7,10-11H2,1-3H3. The highest BCUT2D eigenvalue weighted by Gasteiger charge is 2.02. The zero-order valence-corrected chi connectivity index (χ0v) is 10.6. The van der Waals surface area contributed by atoms with Crippen molar-refractivity contribution in [1.29, 1.82) is 0 Å². The zero-order chi connectivity index (χ0) is 11.8. The van der Waals surface area contributed by atoms with Crippen molar-refractivity contribution in [1.82, 2.24) is 15.2 Å². The summed E-state index contributed by atoms with van der Waals surface area (Å²) in [6.45, 7) is 4.29. The van der Waals surface area contributed by atoms with Crippen molar-refractivity contribution < 1.29 is 0 Å². The van der Waals surface area contributed by atoms with Crippen LogP contribution in [0.25, 0.3) is 0 Å². The van der Waals surface area contributed by atoms with E-state index in [1.165, 1.54) is 12.8 Å². The molecule has 3 heteroatoms. The van der Waals surface area contributed by atoms with Gasteiger partial charge in [-0.05, 0) is 52.5 Å². The first kappa shape index (κ1) is 13.1. The number of hydrogen-bond acceptors (Lipinski definition) is 3. The Morgan fingerprint density at radius 1 is 1.44 bits per heavy atom. The first-order valence-electron chi connectivity index (χ1n) is 5.98. The Labute approximate surface area is 98.9 Å². The third-order valence-corrected chi connectivity index (χ3v) is 2.83. The van der Waals surface area contributed by atoms with E-state index in [1.807, 2.05) is 25.4 Å². The fourth-order valence-corrected chi connectivity index (χ4v) is 1.66. The molecule has 0 spiro atoms. The second-order valence-electron chi connectivity index (χ2n) is 4.39. The lowest BCUT2D eigenvalue weighted by Gasteiger charge is -2.17. The van der Waals surface area contributed by atoms with E-state index in [2.05, 4.69) is 35.2 Å². The summed E-state index contributed by atoms with van der Waals surface area (Å²) in [6, 6.07) is 6.69. The van der Waals surface area contributed by atoms with Crippen LogP contribution in [0.5, 0.6) is 0 Å². The van der Waals surface area contributed by atoms with E-state index < -0.39 is 0 Å². The molecule has 1 rings (SSSR count). The highest BCUT2D eigenvalue weighted by atomic mass is 15.1. The van der Waals surface area contributed by atoms with Crippen LogP contribution < -0.4 is 5.32 Å². The summed E-state index contributed by atoms with van der Waals surface area (Å²) < 4.78 is 0. The summed E-state index contributed by atoms with van der Waals surface area (Å²) in [4.78, 5) is 6.65. The number of hydrogen-bond donors (Lipinski definition) is 1. The van der Waals surface area contributed by atoms with Crippen molar-refractivity contribution in [3.8, 4) is 0 Å². The lowest BCUT2D eigenvalue weighted by Crippen LogP contribution is -2.24. The largest absolute Gasteiger partial charge is 0.317 e. The molecule has 0 amide bonds. The van der Waals surface area contributed by atoms with Crippen LogP contribution in [0.4, 0.5) is 0 Å². The third-order valence-electron chi connectivity index (χ3n) is 2.83. The summed E-state index contributed by atoms with van der Waals surface area (Å²) >= 11 is 0. The Hall–Kier alpha value is -0.930. The second kappa shape index (κ2) is 7.36. The van der Waals surface area contributed by atoms with Crippen molar-refractivity contribution in [2.24, 2.45) is 0 Å². The average Bonchev–Trinajstić information content (AvgIpc) is 2.30. The van der Waals surface area contributed by atoms with Gasteiger partial charge < -0.3 is 10.2 Å². The Balaban J connectivity index is 2.19. The SMILES string of the molecule is CNC(C)CCCN(C)Cc1ccccn1. The Kier molecular flexibility index (Phi) is 6.04. The molecule has 1 aromatic rings. The third kappa shape index (κ3) is 5.24. The summed E-state index contributed by atoms with van der Waals surface area (Å²) in [6.07, 6.45) is 4.31. The molecule has 1 atom stereocenters. The van der Waals surface area contributed by atoms with Crippen molar-refractivity contribution in [2.75, 3.05) is 20.6 Å². The fraction of sp³-hybridized carbons (Fsp3) is 0.615. The van der Waals surface area contributed by atoms with Crippen LogP contribution in [-0.2, 0) is 6.54 Å². The lowest BCUT2D eigenvalue weighted by molar-refractivity contribution is 0.308. The minimum Gasteiger partial charge on any atom is -0.317 e. The normalized spacial score (nSPS) is 13.0. The monoisotopic (exact) mass is 221 g/mol. The lowest BCUT2D eigenvalue weighted by atomic mass is 10.2. The first-order valence-corrected chi connectivity index (χ1v) is 5.98. The molecule has 0 aliphatic rings. The highest BCUT2D eigenvalue weighted by molar-refractivity contribution is 5.02. The van der Waals surface area contributed by atoms with Gasteiger partial charge in [0, 0.05) is 18.8 Å². The van der Waals surface area contributed by atoms with Gasteiger partial charge >= 0.3 is 0 Å². The predicted octanol–water partition coefficient (Wildman–Crippen LogP) is 1.90. The Bertz CT molecular complexity index is 274. The smallest absolute Gasteiger partial charge is 0.0543 e. The molecule has 0 aliphatic carbocycles. The highest BCUT2D eigenvalue weighted by Crippen LogP contribution is 2.02. The van der Waals surface area contributed by atoms with Gasteiger partial charge in [0.15, 0.2) is 0 Å². The first-order chi connectivity index (χ1) is 7.72. The van der Waals surface area contributed by atoms with Crippen molar-refractivity contribution in [3.63, 3.8) is 0 Å². The van der Waals surface area contributed by atoms with Gasteiger partial charge in [-0.2, -0.15) is 0 Å². The van der Waals surface area contributed by atoms with Gasteiger partial charge in [0.25, 0.3) is 0 Å². The van der Waals surface area contributed by atoms with Crippen LogP contribution in [0.1, 0.15) is 25.5 Å². The van der Waals surface area contributed by atoms with Gasteiger partial charge in [0.05, 0.1) is 5.69 Å². The van der Waals surface area contributed by atoms with E-state index in [0.717, 1.165) is 18.8 Å². The van der Waals surface area contributed by atoms with Crippen LogP contribution in [0.15, 0.2) is 24.4 Å². The molecule has 1 aromatic heterocycles. The van der Waals surface area contributed by atoms with Crippen molar-refractivity contribution >= 4 is 0 Å². The predicted molar refractivity (Wildman–Crippen MR) is 68.3 cm³/mol. The molecule has 90 valence electrons. The quantitative estimate of drug-likeness (QED) is 0.762. The van der Waals surface area contributed by atoms with E-state index >= 15 is 0 Å². The molecule has 0 bridgehead atoms. The molecule has 1 unspecified atom stereocenters. The average molecular weight is 221 g/mol. The number of rotatable bonds is 7. The van der Waals surface area contributed by atoms with E-state index in [4.69, 9.17) is 0 Å². The Morgan fingerprint density at radius 2 is 2.25 bits per heavy atom. The van der Waals surface area contributed by atoms with Crippen LogP contribution >= 0.6 is 0 Å². The molecular weight excluding hydrogens is 198 g/mol. The van der Waals surface area contributed by atoms with Gasteiger partial charge in [-0.15, -0.1) is 0 Å². The van der Waals surface area contributed by atoms with E-state index in [-0.39, 0.29) is 0 Å². The molecule has 0 aromatic carbocycles. The summed E-state index contributed by atoms with van der Waals surface area (Å²) in [5.41, 5.74) is 1.15. The summed E-state index contributed by atoms with van der Waals surface area (Å²) in [7, 11) is 4.17. The maximum absolute atomic E-state index is 4.32. The van der Waals surface area contributed by atoms with Crippen LogP contribution in [0.3, 0.4) is 0 Å². The van der Waals surface area contributed by atoms with Gasteiger partial charge in [0.1, 0.15) is 0 Å². The number of pyridine rings is 1. The maximum Gasteiger partial charge on any atom is 0.0543 e. The van der Waals surface area contributed by atoms with Crippen LogP contribution in [0, 0.1) is 0 Å². The van der Waals surface area contributed by atoms with Crippen LogP contribution in [-0.4, -0.2) is 36.6 Å². The molecule has 16 heavy (non-hydrogen) atoms. The van der Waals surface area contributed by atoms with Crippen LogP contribution in [0.2, 0.25) is 0 Å². The topological polar surface area (TPSA) is 28.2 Å². The maximum atomic E-state index is 4.32. The molecule has 0 saturated carbocycles. The molecule has 0 aliphatic heterocycles. The molecule has 0 saturated heterocycles. The summed E-state index contributed by atoms with van der Waals surface area (Å²) in [5, 5.41) is 3.26. The minimum atomic E-state index is 0.614. The number of nitrogens with zero attached hydrogens (tertiary/aromatic N) is 2. The van der Waals surface area contributed by atoms with Gasteiger partial charge in [-0.1, -0.05) is 6.07 Å².